The van der Waals surface area contributed by atoms with Crippen LogP contribution in [0.15, 0.2) is 29.5 Å². The number of hydrogen-bond acceptors (Lipinski definition) is 4. The van der Waals surface area contributed by atoms with Gasteiger partial charge >= 0.3 is 0 Å². The number of ether oxygens (including phenoxy) is 2. The van der Waals surface area contributed by atoms with Gasteiger partial charge in [-0.15, -0.1) is 11.6 Å². The fraction of sp³-hybridized carbons (Fsp3) is 0.579. The summed E-state index contributed by atoms with van der Waals surface area (Å²) in [5, 5.41) is 17.6. The quantitative estimate of drug-likeness (QED) is 0.506. The molecule has 6 heteroatoms. The number of nitrogens with one attached hydrogen (secondary N) is 1. The number of halogens is 1. The minimum Gasteiger partial charge on any atom is -0.352 e. The van der Waals surface area contributed by atoms with Crippen molar-refractivity contribution in [3.8, 4) is 6.07 Å². The summed E-state index contributed by atoms with van der Waals surface area (Å²) < 4.78 is 11.1. The van der Waals surface area contributed by atoms with Crippen molar-refractivity contribution in [3.05, 3.63) is 40.8 Å². The topological polar surface area (TPSA) is 70.9 Å². The highest BCUT2D eigenvalue weighted by molar-refractivity contribution is 6.21. The van der Waals surface area contributed by atoms with Crippen molar-refractivity contribution < 1.29 is 9.47 Å². The number of fused-ring (bicyclic) bond motifs is 3. The Labute approximate surface area is 152 Å². The molecule has 1 saturated carbocycles. The van der Waals surface area contributed by atoms with Gasteiger partial charge in [0, 0.05) is 59.8 Å². The largest absolute Gasteiger partial charge is 0.352 e. The van der Waals surface area contributed by atoms with Gasteiger partial charge in [-0.05, 0) is 25.2 Å². The third-order valence-electron chi connectivity index (χ3n) is 5.79. The van der Waals surface area contributed by atoms with Crippen molar-refractivity contribution in [2.45, 2.75) is 42.8 Å². The van der Waals surface area contributed by atoms with Crippen LogP contribution in [0.5, 0.6) is 0 Å². The molecule has 1 heterocycles. The molecule has 0 spiro atoms. The van der Waals surface area contributed by atoms with E-state index in [4.69, 9.17) is 21.1 Å². The second-order valence-electron chi connectivity index (χ2n) is 7.05. The van der Waals surface area contributed by atoms with Crippen LogP contribution in [0.4, 0.5) is 0 Å². The first kappa shape index (κ1) is 16.8. The molecule has 0 aliphatic heterocycles. The Kier molecular flexibility index (Phi) is 4.45. The molecule has 3 aliphatic rings. The number of alkyl halides is 1. The fourth-order valence-corrected chi connectivity index (χ4v) is 4.93. The van der Waals surface area contributed by atoms with Gasteiger partial charge in [0.05, 0.1) is 12.3 Å². The van der Waals surface area contributed by atoms with E-state index in [2.05, 4.69) is 28.4 Å². The van der Waals surface area contributed by atoms with Crippen molar-refractivity contribution in [1.82, 2.24) is 10.2 Å². The van der Waals surface area contributed by atoms with Crippen LogP contribution in [0.3, 0.4) is 0 Å². The van der Waals surface area contributed by atoms with E-state index in [0.29, 0.717) is 5.92 Å². The van der Waals surface area contributed by atoms with Crippen LogP contribution in [0, 0.1) is 23.2 Å². The first-order valence-corrected chi connectivity index (χ1v) is 9.18. The molecule has 0 bridgehead atoms. The van der Waals surface area contributed by atoms with Crippen LogP contribution < -0.4 is 0 Å². The third-order valence-corrected chi connectivity index (χ3v) is 6.30. The number of hydrogen-bond donors (Lipinski definition) is 1. The molecule has 0 aromatic carbocycles. The highest BCUT2D eigenvalue weighted by Gasteiger charge is 2.52. The van der Waals surface area contributed by atoms with Crippen LogP contribution >= 0.6 is 11.6 Å². The van der Waals surface area contributed by atoms with Crippen molar-refractivity contribution in [2.24, 2.45) is 11.8 Å². The Morgan fingerprint density at radius 3 is 2.84 bits per heavy atom. The van der Waals surface area contributed by atoms with E-state index in [9.17, 15) is 5.26 Å². The van der Waals surface area contributed by atoms with Gasteiger partial charge in [-0.3, -0.25) is 5.10 Å². The van der Waals surface area contributed by atoms with Gasteiger partial charge in [0.25, 0.3) is 0 Å². The Morgan fingerprint density at radius 2 is 2.16 bits per heavy atom. The Hall–Kier alpha value is -1.61. The lowest BCUT2D eigenvalue weighted by Crippen LogP contribution is -2.27. The smallest absolute Gasteiger partial charge is 0.180 e. The minimum absolute atomic E-state index is 0.000293. The average Bonchev–Trinajstić information content (AvgIpc) is 3.28. The van der Waals surface area contributed by atoms with E-state index >= 15 is 0 Å². The summed E-state index contributed by atoms with van der Waals surface area (Å²) in [5.41, 5.74) is 3.97. The van der Waals surface area contributed by atoms with E-state index in [1.807, 2.05) is 6.20 Å². The molecule has 1 N–H and O–H groups in total. The summed E-state index contributed by atoms with van der Waals surface area (Å²) in [6.07, 6.45) is 8.62. The van der Waals surface area contributed by atoms with Crippen molar-refractivity contribution >= 4 is 11.6 Å². The lowest BCUT2D eigenvalue weighted by molar-refractivity contribution is -0.0785. The van der Waals surface area contributed by atoms with E-state index in [0.717, 1.165) is 41.7 Å². The summed E-state index contributed by atoms with van der Waals surface area (Å²) in [7, 11) is 3.25. The minimum atomic E-state index is -0.495. The van der Waals surface area contributed by atoms with E-state index in [1.54, 1.807) is 14.2 Å². The second kappa shape index (κ2) is 6.60. The second-order valence-corrected chi connectivity index (χ2v) is 7.61. The Balaban J connectivity index is 1.90. The maximum absolute atomic E-state index is 10.1. The molecule has 0 saturated heterocycles. The lowest BCUT2D eigenvalue weighted by Gasteiger charge is -2.32. The summed E-state index contributed by atoms with van der Waals surface area (Å²) in [4.78, 5) is 0. The van der Waals surface area contributed by atoms with Gasteiger partial charge in [-0.25, -0.2) is 0 Å². The summed E-state index contributed by atoms with van der Waals surface area (Å²) >= 11 is 6.69. The number of nitrogens with zero attached hydrogens (tertiary/aromatic N) is 2. The van der Waals surface area contributed by atoms with Gasteiger partial charge in [-0.2, -0.15) is 10.4 Å². The highest BCUT2D eigenvalue weighted by atomic mass is 35.5. The maximum atomic E-state index is 10.1. The summed E-state index contributed by atoms with van der Waals surface area (Å²) in [6, 6.07) is 2.48. The molecule has 1 aromatic rings. The van der Waals surface area contributed by atoms with Crippen LogP contribution in [-0.4, -0.2) is 36.1 Å². The van der Waals surface area contributed by atoms with Crippen LogP contribution in [0.25, 0.3) is 0 Å². The van der Waals surface area contributed by atoms with Crippen molar-refractivity contribution in [3.63, 3.8) is 0 Å². The molecule has 0 amide bonds. The monoisotopic (exact) mass is 359 g/mol. The predicted molar refractivity (Wildman–Crippen MR) is 94.1 cm³/mol. The van der Waals surface area contributed by atoms with Crippen molar-refractivity contribution in [2.75, 3.05) is 14.2 Å². The molecule has 4 rings (SSSR count). The first-order chi connectivity index (χ1) is 12.2. The van der Waals surface area contributed by atoms with Crippen LogP contribution in [0.1, 0.15) is 42.4 Å². The molecule has 5 unspecified atom stereocenters. The Bertz CT molecular complexity index is 759. The van der Waals surface area contributed by atoms with Crippen LogP contribution in [0.2, 0.25) is 0 Å². The molecule has 132 valence electrons. The zero-order valence-electron chi connectivity index (χ0n) is 14.4. The van der Waals surface area contributed by atoms with E-state index in [1.165, 1.54) is 0 Å². The molecule has 1 fully saturated rings. The number of rotatable bonds is 4. The highest BCUT2D eigenvalue weighted by Crippen LogP contribution is 2.59. The van der Waals surface area contributed by atoms with Crippen molar-refractivity contribution in [1.29, 1.82) is 5.26 Å². The zero-order chi connectivity index (χ0) is 17.6. The van der Waals surface area contributed by atoms with Gasteiger partial charge in [0.15, 0.2) is 6.29 Å². The third kappa shape index (κ3) is 2.64. The van der Waals surface area contributed by atoms with Crippen LogP contribution in [-0.2, 0) is 9.47 Å². The molecular formula is C19H22ClN3O2. The normalized spacial score (nSPS) is 33.6. The van der Waals surface area contributed by atoms with Gasteiger partial charge < -0.3 is 9.47 Å². The number of allylic oxidation sites excluding steroid dienone is 3. The van der Waals surface area contributed by atoms with E-state index in [-0.39, 0.29) is 23.1 Å². The number of H-pyrrole nitrogens is 1. The number of aromatic amines is 1. The van der Waals surface area contributed by atoms with Gasteiger partial charge in [-0.1, -0.05) is 12.2 Å². The van der Waals surface area contributed by atoms with Gasteiger partial charge in [0.2, 0.25) is 0 Å². The summed E-state index contributed by atoms with van der Waals surface area (Å²) in [6.45, 7) is 0. The first-order valence-electron chi connectivity index (χ1n) is 8.74. The van der Waals surface area contributed by atoms with E-state index < -0.39 is 6.29 Å². The molecule has 0 radical (unpaired) electrons. The standard InChI is InChI=1S/C19H22ClN3O2/c1-24-19(25-2)17-11-7-12(11)18-14(9-22-23-18)16(13(17)8-21)10-5-3-4-6-15(10)20/h3,5,9-12,15-16,19H,4,6-7H2,1-2H3,(H,22,23). The zero-order valence-corrected chi connectivity index (χ0v) is 15.2. The average molecular weight is 360 g/mol. The molecule has 1 aromatic heterocycles. The fourth-order valence-electron chi connectivity index (χ4n) is 4.57. The summed E-state index contributed by atoms with van der Waals surface area (Å²) in [5.74, 6) is 0.594. The van der Waals surface area contributed by atoms with Gasteiger partial charge in [0.1, 0.15) is 0 Å². The molecule has 5 atom stereocenters. The molecule has 3 aliphatic carbocycles. The molecule has 25 heavy (non-hydrogen) atoms. The number of nitriles is 1. The SMILES string of the molecule is COC(OC)C1=C(C#N)C(C2C=CCCC2Cl)c2cn[nH]c2C2CC12. The number of aromatic nitrogens is 2. The maximum Gasteiger partial charge on any atom is 0.180 e. The molecular weight excluding hydrogens is 338 g/mol. The lowest BCUT2D eigenvalue weighted by atomic mass is 9.75. The number of methoxy groups -OCH3 is 2. The predicted octanol–water partition coefficient (Wildman–Crippen LogP) is 3.62. The molecule has 5 nitrogen and oxygen atoms in total. The Morgan fingerprint density at radius 1 is 1.36 bits per heavy atom.